The van der Waals surface area contributed by atoms with Crippen molar-refractivity contribution in [1.82, 2.24) is 0 Å². The number of aryl methyl sites for hydroxylation is 3. The number of benzene rings is 1. The van der Waals surface area contributed by atoms with Crippen LogP contribution >= 0.6 is 27.3 Å². The van der Waals surface area contributed by atoms with E-state index < -0.39 is 0 Å². The van der Waals surface area contributed by atoms with E-state index in [1.165, 1.54) is 26.6 Å². The van der Waals surface area contributed by atoms with Crippen molar-refractivity contribution in [2.24, 2.45) is 0 Å². The first-order valence-corrected chi connectivity index (χ1v) is 7.22. The van der Waals surface area contributed by atoms with Crippen LogP contribution in [0.5, 0.6) is 0 Å². The third-order valence-corrected chi connectivity index (χ3v) is 4.13. The zero-order valence-electron chi connectivity index (χ0n) is 10.3. The van der Waals surface area contributed by atoms with Crippen LogP contribution in [0.3, 0.4) is 0 Å². The normalized spacial score (nSPS) is 10.6. The number of thiophene rings is 1. The fraction of sp³-hybridized carbons (Fsp3) is 0.286. The van der Waals surface area contributed by atoms with E-state index in [-0.39, 0.29) is 0 Å². The lowest BCUT2D eigenvalue weighted by Gasteiger charge is -2.07. The van der Waals surface area contributed by atoms with E-state index in [9.17, 15) is 0 Å². The third kappa shape index (κ3) is 3.33. The Morgan fingerprint density at radius 2 is 1.88 bits per heavy atom. The molecule has 0 unspecified atom stereocenters. The van der Waals surface area contributed by atoms with Crippen molar-refractivity contribution in [1.29, 1.82) is 0 Å². The molecule has 1 heterocycles. The van der Waals surface area contributed by atoms with Crippen LogP contribution in [0, 0.1) is 20.8 Å². The molecule has 0 fully saturated rings. The molecule has 0 aliphatic heterocycles. The van der Waals surface area contributed by atoms with Gasteiger partial charge in [0.05, 0.1) is 0 Å². The first kappa shape index (κ1) is 12.7. The second-order valence-corrected chi connectivity index (χ2v) is 6.69. The van der Waals surface area contributed by atoms with Crippen molar-refractivity contribution in [3.8, 4) is 0 Å². The van der Waals surface area contributed by atoms with E-state index in [4.69, 9.17) is 0 Å². The van der Waals surface area contributed by atoms with Gasteiger partial charge in [0.25, 0.3) is 0 Å². The van der Waals surface area contributed by atoms with Crippen molar-refractivity contribution in [3.05, 3.63) is 49.6 Å². The molecule has 0 spiro atoms. The Morgan fingerprint density at radius 3 is 2.47 bits per heavy atom. The van der Waals surface area contributed by atoms with E-state index in [1.807, 2.05) is 11.3 Å². The molecule has 1 nitrogen and oxygen atoms in total. The van der Waals surface area contributed by atoms with Gasteiger partial charge < -0.3 is 5.32 Å². The summed E-state index contributed by atoms with van der Waals surface area (Å²) < 4.78 is 1.12. The smallest absolute Gasteiger partial charge is 0.0411 e. The predicted octanol–water partition coefficient (Wildman–Crippen LogP) is 5.05. The minimum absolute atomic E-state index is 0.895. The molecule has 17 heavy (non-hydrogen) atoms. The average molecular weight is 310 g/mol. The highest BCUT2D eigenvalue weighted by molar-refractivity contribution is 9.10. The number of hydrogen-bond donors (Lipinski definition) is 1. The zero-order chi connectivity index (χ0) is 12.4. The fourth-order valence-electron chi connectivity index (χ4n) is 1.89. The van der Waals surface area contributed by atoms with Crippen LogP contribution in [0.2, 0.25) is 0 Å². The predicted molar refractivity (Wildman–Crippen MR) is 80.0 cm³/mol. The Bertz CT molecular complexity index is 511. The van der Waals surface area contributed by atoms with Crippen LogP contribution < -0.4 is 5.32 Å². The van der Waals surface area contributed by atoms with Crippen molar-refractivity contribution < 1.29 is 0 Å². The maximum absolute atomic E-state index is 3.52. The van der Waals surface area contributed by atoms with Gasteiger partial charge in [-0.25, -0.2) is 0 Å². The second kappa shape index (κ2) is 5.23. The van der Waals surface area contributed by atoms with Crippen LogP contribution in [-0.4, -0.2) is 0 Å². The lowest BCUT2D eigenvalue weighted by atomic mass is 10.2. The van der Waals surface area contributed by atoms with Crippen LogP contribution in [0.1, 0.15) is 20.9 Å². The van der Waals surface area contributed by atoms with Gasteiger partial charge >= 0.3 is 0 Å². The molecular weight excluding hydrogens is 294 g/mol. The van der Waals surface area contributed by atoms with Gasteiger partial charge in [-0.15, -0.1) is 11.3 Å². The maximum atomic E-state index is 3.52. The van der Waals surface area contributed by atoms with Crippen LogP contribution in [0.15, 0.2) is 28.7 Å². The standard InChI is InChI=1S/C14H16BrNS/c1-9-4-13(15)7-14(5-9)16-8-12-6-10(2)17-11(12)3/h4-7,16H,8H2,1-3H3. The summed E-state index contributed by atoms with van der Waals surface area (Å²) in [6.45, 7) is 7.34. The topological polar surface area (TPSA) is 12.0 Å². The number of rotatable bonds is 3. The fourth-order valence-corrected chi connectivity index (χ4v) is 3.45. The highest BCUT2D eigenvalue weighted by atomic mass is 79.9. The third-order valence-electron chi connectivity index (χ3n) is 2.67. The van der Waals surface area contributed by atoms with Gasteiger partial charge in [0.2, 0.25) is 0 Å². The Morgan fingerprint density at radius 1 is 1.12 bits per heavy atom. The monoisotopic (exact) mass is 309 g/mol. The van der Waals surface area contributed by atoms with Crippen LogP contribution in [0.4, 0.5) is 5.69 Å². The summed E-state index contributed by atoms with van der Waals surface area (Å²) in [5.74, 6) is 0. The summed E-state index contributed by atoms with van der Waals surface area (Å²) in [6.07, 6.45) is 0. The van der Waals surface area contributed by atoms with E-state index in [1.54, 1.807) is 0 Å². The highest BCUT2D eigenvalue weighted by Gasteiger charge is 2.03. The molecule has 0 saturated carbocycles. The largest absolute Gasteiger partial charge is 0.381 e. The lowest BCUT2D eigenvalue weighted by molar-refractivity contribution is 1.14. The first-order chi connectivity index (χ1) is 8.04. The summed E-state index contributed by atoms with van der Waals surface area (Å²) in [7, 11) is 0. The van der Waals surface area contributed by atoms with Gasteiger partial charge in [0.15, 0.2) is 0 Å². The maximum Gasteiger partial charge on any atom is 0.0411 e. The second-order valence-electron chi connectivity index (χ2n) is 4.31. The molecule has 1 N–H and O–H groups in total. The molecule has 1 aromatic carbocycles. The van der Waals surface area contributed by atoms with Gasteiger partial charge in [0, 0.05) is 26.5 Å². The molecule has 1 aromatic heterocycles. The van der Waals surface area contributed by atoms with E-state index in [0.29, 0.717) is 0 Å². The Kier molecular flexibility index (Phi) is 3.89. The number of nitrogens with one attached hydrogen (secondary N) is 1. The Balaban J connectivity index is 2.09. The summed E-state index contributed by atoms with van der Waals surface area (Å²) >= 11 is 5.38. The van der Waals surface area contributed by atoms with Gasteiger partial charge in [-0.05, 0) is 56.2 Å². The van der Waals surface area contributed by atoms with E-state index >= 15 is 0 Å². The Hall–Kier alpha value is -0.800. The molecule has 0 bridgehead atoms. The zero-order valence-corrected chi connectivity index (χ0v) is 12.7. The molecule has 3 heteroatoms. The highest BCUT2D eigenvalue weighted by Crippen LogP contribution is 2.23. The molecule has 0 saturated heterocycles. The summed E-state index contributed by atoms with van der Waals surface area (Å²) in [4.78, 5) is 2.78. The van der Waals surface area contributed by atoms with E-state index in [2.05, 4.69) is 66.3 Å². The summed E-state index contributed by atoms with van der Waals surface area (Å²) in [5, 5.41) is 3.47. The van der Waals surface area contributed by atoms with E-state index in [0.717, 1.165) is 11.0 Å². The molecule has 0 aliphatic carbocycles. The van der Waals surface area contributed by atoms with Crippen molar-refractivity contribution >= 4 is 33.0 Å². The quantitative estimate of drug-likeness (QED) is 0.836. The van der Waals surface area contributed by atoms with Crippen LogP contribution in [-0.2, 0) is 6.54 Å². The molecule has 90 valence electrons. The van der Waals surface area contributed by atoms with Crippen LogP contribution in [0.25, 0.3) is 0 Å². The average Bonchev–Trinajstić information content (AvgIpc) is 2.53. The van der Waals surface area contributed by atoms with Crippen molar-refractivity contribution in [3.63, 3.8) is 0 Å². The molecule has 0 amide bonds. The number of halogens is 1. The van der Waals surface area contributed by atoms with Crippen molar-refractivity contribution in [2.75, 3.05) is 5.32 Å². The van der Waals surface area contributed by atoms with Gasteiger partial charge in [-0.3, -0.25) is 0 Å². The lowest BCUT2D eigenvalue weighted by Crippen LogP contribution is -1.99. The van der Waals surface area contributed by atoms with Gasteiger partial charge in [-0.1, -0.05) is 15.9 Å². The SMILES string of the molecule is Cc1cc(Br)cc(NCc2cc(C)sc2C)c1. The molecule has 0 atom stereocenters. The molecular formula is C14H16BrNS. The van der Waals surface area contributed by atoms with Gasteiger partial charge in [0.1, 0.15) is 0 Å². The number of anilines is 1. The molecule has 2 aromatic rings. The number of hydrogen-bond acceptors (Lipinski definition) is 2. The minimum Gasteiger partial charge on any atom is -0.381 e. The summed E-state index contributed by atoms with van der Waals surface area (Å²) in [6, 6.07) is 8.66. The molecule has 0 radical (unpaired) electrons. The first-order valence-electron chi connectivity index (χ1n) is 5.61. The summed E-state index contributed by atoms with van der Waals surface area (Å²) in [5.41, 5.74) is 3.82. The Labute approximate surface area is 115 Å². The molecule has 0 aliphatic rings. The minimum atomic E-state index is 0.895. The van der Waals surface area contributed by atoms with Crippen molar-refractivity contribution in [2.45, 2.75) is 27.3 Å². The molecule has 2 rings (SSSR count). The van der Waals surface area contributed by atoms with Gasteiger partial charge in [-0.2, -0.15) is 0 Å².